The van der Waals surface area contributed by atoms with Crippen LogP contribution in [0, 0.1) is 12.3 Å². The molecule has 1 nitrogen and oxygen atoms in total. The Morgan fingerprint density at radius 3 is 2.52 bits per heavy atom. The molecule has 0 N–H and O–H groups in total. The molecule has 0 saturated heterocycles. The van der Waals surface area contributed by atoms with Gasteiger partial charge in [0.1, 0.15) is 12.4 Å². The Balaban J connectivity index is 1.75. The topological polar surface area (TPSA) is 9.23 Å². The minimum atomic E-state index is 0.305. The lowest BCUT2D eigenvalue weighted by molar-refractivity contribution is 0.370. The second-order valence-electron chi connectivity index (χ2n) is 6.16. The number of hydrogen-bond donors (Lipinski definition) is 0. The van der Waals surface area contributed by atoms with Gasteiger partial charge in [0, 0.05) is 23.6 Å². The fourth-order valence-corrected chi connectivity index (χ4v) is 4.63. The van der Waals surface area contributed by atoms with E-state index in [-0.39, 0.29) is 0 Å². The first-order chi connectivity index (χ1) is 12.3. The second kappa shape index (κ2) is 7.09. The van der Waals surface area contributed by atoms with Crippen molar-refractivity contribution in [3.8, 4) is 39.7 Å². The SMILES string of the molecule is C#CCOc1ccc(-c2cc(-c3ccccc3)c3c([s+]2)CCC3)cc1. The lowest BCUT2D eigenvalue weighted by Gasteiger charge is -2.06. The Bertz CT molecular complexity index is 921. The molecule has 122 valence electrons. The minimum Gasteiger partial charge on any atom is -0.481 e. The molecule has 0 unspecified atom stereocenters. The number of fused-ring (bicyclic) bond motifs is 1. The van der Waals surface area contributed by atoms with Gasteiger partial charge < -0.3 is 4.74 Å². The summed E-state index contributed by atoms with van der Waals surface area (Å²) in [6, 6.07) is 21.3. The van der Waals surface area contributed by atoms with Crippen molar-refractivity contribution in [2.24, 2.45) is 0 Å². The number of hydrogen-bond acceptors (Lipinski definition) is 1. The molecular formula is C23H19OS+. The van der Waals surface area contributed by atoms with Crippen molar-refractivity contribution in [3.05, 3.63) is 71.1 Å². The highest BCUT2D eigenvalue weighted by molar-refractivity contribution is 7.15. The van der Waals surface area contributed by atoms with Gasteiger partial charge in [-0.05, 0) is 48.2 Å². The van der Waals surface area contributed by atoms with Crippen LogP contribution < -0.4 is 4.74 Å². The molecule has 3 aromatic rings. The summed E-state index contributed by atoms with van der Waals surface area (Å²) in [6.07, 6.45) is 8.89. The van der Waals surface area contributed by atoms with Crippen molar-refractivity contribution in [1.29, 1.82) is 0 Å². The van der Waals surface area contributed by atoms with Crippen molar-refractivity contribution >= 4 is 11.3 Å². The van der Waals surface area contributed by atoms with Gasteiger partial charge in [0.2, 0.25) is 21.1 Å². The van der Waals surface area contributed by atoms with E-state index >= 15 is 0 Å². The molecule has 0 bridgehead atoms. The number of ether oxygens (including phenoxy) is 1. The molecule has 2 heteroatoms. The lowest BCUT2D eigenvalue weighted by Crippen LogP contribution is -1.93. The Kier molecular flexibility index (Phi) is 4.50. The zero-order chi connectivity index (χ0) is 17.1. The van der Waals surface area contributed by atoms with Gasteiger partial charge in [0.25, 0.3) is 0 Å². The molecule has 1 heterocycles. The van der Waals surface area contributed by atoms with Gasteiger partial charge in [-0.2, -0.15) is 0 Å². The molecule has 25 heavy (non-hydrogen) atoms. The van der Waals surface area contributed by atoms with Gasteiger partial charge in [-0.3, -0.25) is 0 Å². The van der Waals surface area contributed by atoms with Crippen LogP contribution in [0.25, 0.3) is 21.6 Å². The molecule has 1 aromatic heterocycles. The Labute approximate surface area is 152 Å². The van der Waals surface area contributed by atoms with E-state index < -0.39 is 0 Å². The first kappa shape index (κ1) is 15.9. The average Bonchev–Trinajstić information content (AvgIpc) is 3.15. The quantitative estimate of drug-likeness (QED) is 0.425. The van der Waals surface area contributed by atoms with Gasteiger partial charge in [-0.25, -0.2) is 0 Å². The maximum Gasteiger partial charge on any atom is 0.238 e. The zero-order valence-electron chi connectivity index (χ0n) is 14.0. The van der Waals surface area contributed by atoms with E-state index in [0.29, 0.717) is 6.61 Å². The summed E-state index contributed by atoms with van der Waals surface area (Å²) in [5, 5.41) is 0. The van der Waals surface area contributed by atoms with Crippen molar-refractivity contribution in [3.63, 3.8) is 0 Å². The van der Waals surface area contributed by atoms with Crippen LogP contribution in [0.5, 0.6) is 5.75 Å². The Morgan fingerprint density at radius 2 is 1.76 bits per heavy atom. The van der Waals surface area contributed by atoms with Crippen molar-refractivity contribution in [1.82, 2.24) is 0 Å². The third kappa shape index (κ3) is 3.29. The molecular weight excluding hydrogens is 324 g/mol. The molecule has 0 fully saturated rings. The van der Waals surface area contributed by atoms with Crippen LogP contribution in [0.15, 0.2) is 60.7 Å². The third-order valence-electron chi connectivity index (χ3n) is 4.55. The summed E-state index contributed by atoms with van der Waals surface area (Å²) >= 11 is 1.92. The molecule has 0 aliphatic heterocycles. The number of benzene rings is 2. The Morgan fingerprint density at radius 1 is 0.960 bits per heavy atom. The summed E-state index contributed by atoms with van der Waals surface area (Å²) < 4.78 is 5.48. The van der Waals surface area contributed by atoms with Crippen molar-refractivity contribution in [2.75, 3.05) is 6.61 Å². The summed E-state index contributed by atoms with van der Waals surface area (Å²) in [4.78, 5) is 2.84. The molecule has 0 amide bonds. The molecule has 0 spiro atoms. The standard InChI is InChI=1S/C23H19OS/c1-2-15-24-19-13-11-18(12-14-19)23-16-21(17-7-4-3-5-8-17)20-9-6-10-22(20)25-23/h1,3-5,7-8,11-14,16H,6,9-10,15H2/q+1. The summed E-state index contributed by atoms with van der Waals surface area (Å²) in [5.74, 6) is 3.31. The maximum absolute atomic E-state index is 5.48. The molecule has 2 aromatic carbocycles. The third-order valence-corrected chi connectivity index (χ3v) is 5.82. The molecule has 1 aliphatic carbocycles. The second-order valence-corrected chi connectivity index (χ2v) is 7.30. The summed E-state index contributed by atoms with van der Waals surface area (Å²) in [5.41, 5.74) is 5.46. The van der Waals surface area contributed by atoms with Crippen LogP contribution in [0.3, 0.4) is 0 Å². The van der Waals surface area contributed by atoms with Crippen molar-refractivity contribution < 1.29 is 4.74 Å². The first-order valence-electron chi connectivity index (χ1n) is 8.56. The highest BCUT2D eigenvalue weighted by Crippen LogP contribution is 2.40. The van der Waals surface area contributed by atoms with E-state index in [4.69, 9.17) is 11.2 Å². The van der Waals surface area contributed by atoms with Crippen LogP contribution in [0.2, 0.25) is 0 Å². The van der Waals surface area contributed by atoms with E-state index in [1.807, 2.05) is 23.5 Å². The average molecular weight is 343 g/mol. The van der Waals surface area contributed by atoms with E-state index in [1.165, 1.54) is 51.3 Å². The van der Waals surface area contributed by atoms with Gasteiger partial charge in [0.15, 0.2) is 0 Å². The van der Waals surface area contributed by atoms with Crippen molar-refractivity contribution in [2.45, 2.75) is 19.3 Å². The van der Waals surface area contributed by atoms with Crippen LogP contribution in [-0.2, 0) is 12.8 Å². The lowest BCUT2D eigenvalue weighted by atomic mass is 10.00. The van der Waals surface area contributed by atoms with Crippen LogP contribution >= 0.6 is 11.3 Å². The van der Waals surface area contributed by atoms with E-state index in [2.05, 4.69) is 54.5 Å². The highest BCUT2D eigenvalue weighted by Gasteiger charge is 2.27. The maximum atomic E-state index is 5.48. The highest BCUT2D eigenvalue weighted by atomic mass is 32.1. The van der Waals surface area contributed by atoms with Crippen LogP contribution in [0.1, 0.15) is 16.9 Å². The monoisotopic (exact) mass is 343 g/mol. The van der Waals surface area contributed by atoms with Gasteiger partial charge in [-0.15, -0.1) is 6.42 Å². The Hall–Kier alpha value is -2.63. The smallest absolute Gasteiger partial charge is 0.238 e. The summed E-state index contributed by atoms with van der Waals surface area (Å²) in [6.45, 7) is 0.305. The fourth-order valence-electron chi connectivity index (χ4n) is 3.35. The van der Waals surface area contributed by atoms with E-state index in [0.717, 1.165) is 5.75 Å². The fraction of sp³-hybridized carbons (Fsp3) is 0.174. The predicted octanol–water partition coefficient (Wildman–Crippen LogP) is 5.86. The normalized spacial score (nSPS) is 12.4. The largest absolute Gasteiger partial charge is 0.481 e. The molecule has 0 saturated carbocycles. The van der Waals surface area contributed by atoms with Gasteiger partial charge in [-0.1, -0.05) is 36.3 Å². The molecule has 0 radical (unpaired) electrons. The molecule has 1 aliphatic rings. The first-order valence-corrected chi connectivity index (χ1v) is 9.38. The van der Waals surface area contributed by atoms with Gasteiger partial charge in [0.05, 0.1) is 0 Å². The number of terminal acetylenes is 1. The number of rotatable bonds is 4. The van der Waals surface area contributed by atoms with E-state index in [1.54, 1.807) is 0 Å². The van der Waals surface area contributed by atoms with E-state index in [9.17, 15) is 0 Å². The minimum absolute atomic E-state index is 0.305. The van der Waals surface area contributed by atoms with Crippen LogP contribution in [-0.4, -0.2) is 6.61 Å². The van der Waals surface area contributed by atoms with Gasteiger partial charge >= 0.3 is 0 Å². The molecule has 0 atom stereocenters. The number of aryl methyl sites for hydroxylation is 1. The van der Waals surface area contributed by atoms with Crippen LogP contribution in [0.4, 0.5) is 0 Å². The predicted molar refractivity (Wildman–Crippen MR) is 106 cm³/mol. The molecule has 4 rings (SSSR count). The zero-order valence-corrected chi connectivity index (χ0v) is 14.8. The summed E-state index contributed by atoms with van der Waals surface area (Å²) in [7, 11) is 0.